The van der Waals surface area contributed by atoms with Crippen LogP contribution in [0.4, 0.5) is 5.82 Å². The normalized spacial score (nSPS) is 12.4. The first-order valence-corrected chi connectivity index (χ1v) is 11.3. The van der Waals surface area contributed by atoms with Crippen LogP contribution in [0.5, 0.6) is 0 Å². The first-order valence-electron chi connectivity index (χ1n) is 11.0. The second kappa shape index (κ2) is 11.3. The Kier molecular flexibility index (Phi) is 9.05. The molecule has 0 aliphatic carbocycles. The number of aryl methyl sites for hydroxylation is 1. The second-order valence-corrected chi connectivity index (χ2v) is 9.88. The zero-order valence-electron chi connectivity index (χ0n) is 20.1. The van der Waals surface area contributed by atoms with Gasteiger partial charge in [-0.1, -0.05) is 48.8 Å². The van der Waals surface area contributed by atoms with Crippen molar-refractivity contribution >= 4 is 35.1 Å². The van der Waals surface area contributed by atoms with Gasteiger partial charge >= 0.3 is 0 Å². The van der Waals surface area contributed by atoms with Crippen LogP contribution in [-0.2, 0) is 14.4 Å². The van der Waals surface area contributed by atoms with Gasteiger partial charge in [-0.15, -0.1) is 0 Å². The van der Waals surface area contributed by atoms with Crippen molar-refractivity contribution < 1.29 is 18.9 Å². The number of nitrogens with zero attached hydrogens (tertiary/aromatic N) is 2. The van der Waals surface area contributed by atoms with E-state index < -0.39 is 11.6 Å². The number of aromatic nitrogens is 1. The molecular weight excluding hydrogens is 444 g/mol. The van der Waals surface area contributed by atoms with Gasteiger partial charge in [-0.3, -0.25) is 14.4 Å². The van der Waals surface area contributed by atoms with Crippen LogP contribution in [0.15, 0.2) is 34.9 Å². The molecule has 0 spiro atoms. The fraction of sp³-hybridized carbons (Fsp3) is 0.500. The number of anilines is 1. The fourth-order valence-corrected chi connectivity index (χ4v) is 3.56. The molecule has 0 radical (unpaired) electrons. The first-order chi connectivity index (χ1) is 15.4. The third-order valence-electron chi connectivity index (χ3n) is 4.60. The van der Waals surface area contributed by atoms with Crippen molar-refractivity contribution in [2.24, 2.45) is 5.92 Å². The summed E-state index contributed by atoms with van der Waals surface area (Å²) in [4.78, 5) is 40.5. The largest absolute Gasteiger partial charge is 0.360 e. The number of rotatable bonds is 9. The molecule has 0 saturated heterocycles. The summed E-state index contributed by atoms with van der Waals surface area (Å²) in [5, 5.41) is 9.69. The molecule has 1 aromatic heterocycles. The van der Waals surface area contributed by atoms with Crippen molar-refractivity contribution in [1.29, 1.82) is 0 Å². The van der Waals surface area contributed by atoms with Gasteiger partial charge in [0.15, 0.2) is 5.82 Å². The molecule has 9 heteroatoms. The number of hydrogen-bond acceptors (Lipinski definition) is 5. The predicted molar refractivity (Wildman–Crippen MR) is 128 cm³/mol. The molecule has 3 amide bonds. The van der Waals surface area contributed by atoms with E-state index in [4.69, 9.17) is 16.1 Å². The third kappa shape index (κ3) is 8.20. The highest BCUT2D eigenvalue weighted by Gasteiger charge is 2.34. The number of amides is 3. The van der Waals surface area contributed by atoms with Crippen LogP contribution < -0.4 is 10.6 Å². The van der Waals surface area contributed by atoms with Gasteiger partial charge in [0.05, 0.1) is 0 Å². The van der Waals surface area contributed by atoms with Crippen molar-refractivity contribution in [3.63, 3.8) is 0 Å². The molecule has 0 unspecified atom stereocenters. The Bertz CT molecular complexity index is 981. The molecule has 2 N–H and O–H groups in total. The summed E-state index contributed by atoms with van der Waals surface area (Å²) in [6, 6.07) is 7.66. The van der Waals surface area contributed by atoms with Gasteiger partial charge in [0.25, 0.3) is 0 Å². The lowest BCUT2D eigenvalue weighted by Crippen LogP contribution is -2.50. The Morgan fingerprint density at radius 3 is 2.36 bits per heavy atom. The van der Waals surface area contributed by atoms with Crippen LogP contribution in [0, 0.1) is 12.8 Å². The second-order valence-electron chi connectivity index (χ2n) is 9.47. The van der Waals surface area contributed by atoms with Gasteiger partial charge in [0.1, 0.15) is 11.8 Å². The maximum Gasteiger partial charge on any atom is 0.247 e. The average Bonchev–Trinajstić information content (AvgIpc) is 3.09. The Morgan fingerprint density at radius 2 is 1.82 bits per heavy atom. The van der Waals surface area contributed by atoms with Crippen molar-refractivity contribution in [3.8, 4) is 0 Å². The minimum absolute atomic E-state index is 0.0601. The van der Waals surface area contributed by atoms with E-state index in [2.05, 4.69) is 15.8 Å². The zero-order valence-corrected chi connectivity index (χ0v) is 20.8. The number of benzene rings is 1. The topological polar surface area (TPSA) is 105 Å². The molecule has 1 heterocycles. The smallest absolute Gasteiger partial charge is 0.247 e. The average molecular weight is 477 g/mol. The Labute approximate surface area is 200 Å². The summed E-state index contributed by atoms with van der Waals surface area (Å²) >= 11 is 6.44. The van der Waals surface area contributed by atoms with E-state index >= 15 is 0 Å². The number of hydrogen-bond donors (Lipinski definition) is 2. The fourth-order valence-electron chi connectivity index (χ4n) is 3.32. The standard InChI is InChI=1S/C24H33ClN4O4/c1-15(2)14-29(21(31)12-11-20(30)26-19-13-16(3)33-28-19)22(23(32)27-24(4,5)6)17-9-7-8-10-18(17)25/h7-10,13,15,22H,11-12,14H2,1-6H3,(H,27,32)(H,26,28,30)/t22-/m0/s1. The van der Waals surface area contributed by atoms with E-state index in [1.807, 2.05) is 34.6 Å². The Morgan fingerprint density at radius 1 is 1.15 bits per heavy atom. The summed E-state index contributed by atoms with van der Waals surface area (Å²) in [7, 11) is 0. The van der Waals surface area contributed by atoms with Crippen molar-refractivity contribution in [2.75, 3.05) is 11.9 Å². The van der Waals surface area contributed by atoms with E-state index in [9.17, 15) is 14.4 Å². The lowest BCUT2D eigenvalue weighted by Gasteiger charge is -2.35. The predicted octanol–water partition coefficient (Wildman–Crippen LogP) is 4.50. The molecule has 180 valence electrons. The van der Waals surface area contributed by atoms with Crippen molar-refractivity contribution in [1.82, 2.24) is 15.4 Å². The molecule has 1 aromatic carbocycles. The summed E-state index contributed by atoms with van der Waals surface area (Å²) in [5.41, 5.74) is 0.0381. The Hall–Kier alpha value is -2.87. The summed E-state index contributed by atoms with van der Waals surface area (Å²) in [6.07, 6.45) is -0.130. The molecule has 0 saturated carbocycles. The third-order valence-corrected chi connectivity index (χ3v) is 4.95. The lowest BCUT2D eigenvalue weighted by atomic mass is 9.99. The lowest BCUT2D eigenvalue weighted by molar-refractivity contribution is -0.142. The van der Waals surface area contributed by atoms with Crippen LogP contribution in [0.3, 0.4) is 0 Å². The molecular formula is C24H33ClN4O4. The molecule has 0 fully saturated rings. The molecule has 33 heavy (non-hydrogen) atoms. The van der Waals surface area contributed by atoms with Gasteiger partial charge in [0, 0.05) is 41.6 Å². The number of carbonyl (C=O) groups is 3. The molecule has 8 nitrogen and oxygen atoms in total. The molecule has 0 aliphatic heterocycles. The summed E-state index contributed by atoms with van der Waals surface area (Å²) < 4.78 is 4.93. The van der Waals surface area contributed by atoms with Gasteiger partial charge in [-0.2, -0.15) is 0 Å². The molecule has 2 aromatic rings. The van der Waals surface area contributed by atoms with Crippen LogP contribution in [0.25, 0.3) is 0 Å². The quantitative estimate of drug-likeness (QED) is 0.554. The summed E-state index contributed by atoms with van der Waals surface area (Å²) in [6.45, 7) is 11.6. The van der Waals surface area contributed by atoms with E-state index in [-0.39, 0.29) is 36.5 Å². The van der Waals surface area contributed by atoms with E-state index in [1.54, 1.807) is 37.3 Å². The molecule has 0 bridgehead atoms. The number of carbonyl (C=O) groups excluding carboxylic acids is 3. The maximum absolute atomic E-state index is 13.4. The van der Waals surface area contributed by atoms with E-state index in [1.165, 1.54) is 4.90 Å². The van der Waals surface area contributed by atoms with Crippen LogP contribution >= 0.6 is 11.6 Å². The SMILES string of the molecule is Cc1cc(NC(=O)CCC(=O)N(CC(C)C)[C@H](C(=O)NC(C)(C)C)c2ccccc2Cl)no1. The number of halogens is 1. The minimum atomic E-state index is -0.922. The maximum atomic E-state index is 13.4. The minimum Gasteiger partial charge on any atom is -0.360 e. The molecule has 2 rings (SSSR count). The van der Waals surface area contributed by atoms with Crippen molar-refractivity contribution in [3.05, 3.63) is 46.7 Å². The molecule has 0 aliphatic rings. The summed E-state index contributed by atoms with van der Waals surface area (Å²) in [5.74, 6) is -0.0569. The van der Waals surface area contributed by atoms with E-state index in [0.29, 0.717) is 28.7 Å². The van der Waals surface area contributed by atoms with Gasteiger partial charge < -0.3 is 20.1 Å². The van der Waals surface area contributed by atoms with Crippen molar-refractivity contribution in [2.45, 2.75) is 66.0 Å². The van der Waals surface area contributed by atoms with Gasteiger partial charge in [-0.05, 0) is 39.7 Å². The van der Waals surface area contributed by atoms with Gasteiger partial charge in [0.2, 0.25) is 17.7 Å². The molecule has 1 atom stereocenters. The number of nitrogens with one attached hydrogen (secondary N) is 2. The highest BCUT2D eigenvalue weighted by Crippen LogP contribution is 2.30. The van der Waals surface area contributed by atoms with Crippen LogP contribution in [0.2, 0.25) is 5.02 Å². The highest BCUT2D eigenvalue weighted by atomic mass is 35.5. The van der Waals surface area contributed by atoms with E-state index in [0.717, 1.165) is 0 Å². The van der Waals surface area contributed by atoms with Crippen LogP contribution in [-0.4, -0.2) is 39.9 Å². The Balaban J connectivity index is 2.27. The van der Waals surface area contributed by atoms with Crippen LogP contribution in [0.1, 0.15) is 64.8 Å². The highest BCUT2D eigenvalue weighted by molar-refractivity contribution is 6.31. The van der Waals surface area contributed by atoms with Gasteiger partial charge in [-0.25, -0.2) is 0 Å². The zero-order chi connectivity index (χ0) is 24.8. The first kappa shape index (κ1) is 26.4. The monoisotopic (exact) mass is 476 g/mol.